The molecule has 17 heavy (non-hydrogen) atoms. The lowest BCUT2D eigenvalue weighted by molar-refractivity contribution is -0.151. The van der Waals surface area contributed by atoms with Crippen LogP contribution in [0.25, 0.3) is 6.08 Å². The second-order valence-electron chi connectivity index (χ2n) is 3.90. The van der Waals surface area contributed by atoms with Crippen molar-refractivity contribution in [2.75, 3.05) is 13.1 Å². The van der Waals surface area contributed by atoms with Crippen LogP contribution in [0.2, 0.25) is 0 Å². The van der Waals surface area contributed by atoms with Crippen molar-refractivity contribution < 1.29 is 14.7 Å². The maximum absolute atomic E-state index is 11.6. The van der Waals surface area contributed by atoms with Crippen LogP contribution in [0.15, 0.2) is 30.6 Å². The first-order valence-electron chi connectivity index (χ1n) is 5.26. The number of likely N-dealkylation sites (tertiary alicyclic amines) is 1. The van der Waals surface area contributed by atoms with E-state index in [-0.39, 0.29) is 5.91 Å². The molecule has 5 nitrogen and oxygen atoms in total. The Hall–Kier alpha value is -2.17. The number of aliphatic carboxylic acids is 1. The highest BCUT2D eigenvalue weighted by atomic mass is 16.4. The molecular weight excluding hydrogens is 220 g/mol. The van der Waals surface area contributed by atoms with Crippen molar-refractivity contribution in [1.29, 1.82) is 0 Å². The van der Waals surface area contributed by atoms with Crippen molar-refractivity contribution in [2.24, 2.45) is 5.92 Å². The lowest BCUT2D eigenvalue weighted by Gasteiger charge is -2.35. The standard InChI is InChI=1S/C12H12N2O3/c15-11(14-7-10(8-14)12(16)17)4-3-9-2-1-5-13-6-9/h1-6,10H,7-8H2,(H,16,17)/b4-3+. The summed E-state index contributed by atoms with van der Waals surface area (Å²) in [5.41, 5.74) is 0.844. The number of aromatic nitrogens is 1. The molecule has 1 fully saturated rings. The fourth-order valence-electron chi connectivity index (χ4n) is 1.56. The average molecular weight is 232 g/mol. The van der Waals surface area contributed by atoms with E-state index in [0.29, 0.717) is 13.1 Å². The van der Waals surface area contributed by atoms with Gasteiger partial charge in [0.2, 0.25) is 5.91 Å². The third-order valence-electron chi connectivity index (χ3n) is 2.65. The summed E-state index contributed by atoms with van der Waals surface area (Å²) in [4.78, 5) is 27.6. The molecule has 1 aromatic heterocycles. The van der Waals surface area contributed by atoms with E-state index in [1.807, 2.05) is 6.07 Å². The monoisotopic (exact) mass is 232 g/mol. The van der Waals surface area contributed by atoms with Gasteiger partial charge in [-0.2, -0.15) is 0 Å². The van der Waals surface area contributed by atoms with E-state index in [0.717, 1.165) is 5.56 Å². The average Bonchev–Trinajstić information content (AvgIpc) is 2.25. The third-order valence-corrected chi connectivity index (χ3v) is 2.65. The lowest BCUT2D eigenvalue weighted by Crippen LogP contribution is -2.52. The van der Waals surface area contributed by atoms with Gasteiger partial charge in [0, 0.05) is 31.6 Å². The number of nitrogens with zero attached hydrogens (tertiary/aromatic N) is 2. The van der Waals surface area contributed by atoms with Gasteiger partial charge in [-0.25, -0.2) is 0 Å². The van der Waals surface area contributed by atoms with E-state index >= 15 is 0 Å². The predicted octanol–water partition coefficient (Wildman–Crippen LogP) is 0.638. The van der Waals surface area contributed by atoms with Crippen LogP contribution in [0.1, 0.15) is 5.56 Å². The highest BCUT2D eigenvalue weighted by molar-refractivity contribution is 5.93. The third kappa shape index (κ3) is 2.69. The topological polar surface area (TPSA) is 70.5 Å². The van der Waals surface area contributed by atoms with Crippen LogP contribution in [-0.4, -0.2) is 40.0 Å². The van der Waals surface area contributed by atoms with Gasteiger partial charge in [0.05, 0.1) is 5.92 Å². The van der Waals surface area contributed by atoms with E-state index in [9.17, 15) is 9.59 Å². The van der Waals surface area contributed by atoms with Gasteiger partial charge in [-0.1, -0.05) is 6.07 Å². The minimum absolute atomic E-state index is 0.161. The van der Waals surface area contributed by atoms with Crippen molar-refractivity contribution in [1.82, 2.24) is 9.88 Å². The highest BCUT2D eigenvalue weighted by Gasteiger charge is 2.34. The number of hydrogen-bond donors (Lipinski definition) is 1. The first kappa shape index (κ1) is 11.3. The van der Waals surface area contributed by atoms with Crippen molar-refractivity contribution in [3.05, 3.63) is 36.2 Å². The van der Waals surface area contributed by atoms with Crippen LogP contribution in [0, 0.1) is 5.92 Å². The number of amides is 1. The summed E-state index contributed by atoms with van der Waals surface area (Å²) < 4.78 is 0. The van der Waals surface area contributed by atoms with Crippen LogP contribution >= 0.6 is 0 Å². The van der Waals surface area contributed by atoms with Crippen molar-refractivity contribution >= 4 is 18.0 Å². The van der Waals surface area contributed by atoms with Gasteiger partial charge in [0.15, 0.2) is 0 Å². The molecule has 2 heterocycles. The summed E-state index contributed by atoms with van der Waals surface area (Å²) in [6.07, 6.45) is 6.42. The molecule has 0 spiro atoms. The molecule has 0 atom stereocenters. The van der Waals surface area contributed by atoms with Crippen molar-refractivity contribution in [3.8, 4) is 0 Å². The second kappa shape index (κ2) is 4.78. The zero-order chi connectivity index (χ0) is 12.3. The molecular formula is C12H12N2O3. The Morgan fingerprint density at radius 1 is 1.47 bits per heavy atom. The van der Waals surface area contributed by atoms with Crippen LogP contribution in [0.4, 0.5) is 0 Å². The summed E-state index contributed by atoms with van der Waals surface area (Å²) in [6.45, 7) is 0.594. The number of carboxylic acids is 1. The molecule has 88 valence electrons. The summed E-state index contributed by atoms with van der Waals surface area (Å²) in [5, 5.41) is 8.68. The SMILES string of the molecule is O=C(O)C1CN(C(=O)/C=C/c2cccnc2)C1. The molecule has 0 saturated carbocycles. The summed E-state index contributed by atoms with van der Waals surface area (Å²) in [6, 6.07) is 3.63. The number of hydrogen-bond acceptors (Lipinski definition) is 3. The largest absolute Gasteiger partial charge is 0.481 e. The smallest absolute Gasteiger partial charge is 0.310 e. The van der Waals surface area contributed by atoms with Gasteiger partial charge in [0.1, 0.15) is 0 Å². The summed E-state index contributed by atoms with van der Waals surface area (Å²) in [5.74, 6) is -1.41. The molecule has 1 aromatic rings. The van der Waals surface area contributed by atoms with Crippen LogP contribution in [-0.2, 0) is 9.59 Å². The Morgan fingerprint density at radius 2 is 2.24 bits per heavy atom. The van der Waals surface area contributed by atoms with Crippen molar-refractivity contribution in [3.63, 3.8) is 0 Å². The molecule has 0 unspecified atom stereocenters. The number of rotatable bonds is 3. The van der Waals surface area contributed by atoms with Gasteiger partial charge < -0.3 is 10.0 Å². The number of carbonyl (C=O) groups is 2. The Labute approximate surface area is 98.4 Å². The first-order valence-corrected chi connectivity index (χ1v) is 5.26. The minimum Gasteiger partial charge on any atom is -0.481 e. The van der Waals surface area contributed by atoms with Crippen LogP contribution < -0.4 is 0 Å². The van der Waals surface area contributed by atoms with Crippen LogP contribution in [0.5, 0.6) is 0 Å². The fourth-order valence-corrected chi connectivity index (χ4v) is 1.56. The van der Waals surface area contributed by atoms with E-state index in [4.69, 9.17) is 5.11 Å². The Bertz CT molecular complexity index is 450. The molecule has 2 rings (SSSR count). The molecule has 1 aliphatic heterocycles. The second-order valence-corrected chi connectivity index (χ2v) is 3.90. The summed E-state index contributed by atoms with van der Waals surface area (Å²) >= 11 is 0. The molecule has 0 aromatic carbocycles. The normalized spacial score (nSPS) is 15.9. The summed E-state index contributed by atoms with van der Waals surface area (Å²) in [7, 11) is 0. The molecule has 5 heteroatoms. The molecule has 0 bridgehead atoms. The van der Waals surface area contributed by atoms with E-state index in [1.54, 1.807) is 24.5 Å². The zero-order valence-electron chi connectivity index (χ0n) is 9.11. The van der Waals surface area contributed by atoms with E-state index in [1.165, 1.54) is 11.0 Å². The fraction of sp³-hybridized carbons (Fsp3) is 0.250. The van der Waals surface area contributed by atoms with E-state index in [2.05, 4.69) is 4.98 Å². The maximum Gasteiger partial charge on any atom is 0.310 e. The van der Waals surface area contributed by atoms with Crippen molar-refractivity contribution in [2.45, 2.75) is 0 Å². The molecule has 1 aliphatic rings. The lowest BCUT2D eigenvalue weighted by atomic mass is 10.0. The quantitative estimate of drug-likeness (QED) is 0.776. The van der Waals surface area contributed by atoms with Gasteiger partial charge >= 0.3 is 5.97 Å². The van der Waals surface area contributed by atoms with Crippen LogP contribution in [0.3, 0.4) is 0 Å². The highest BCUT2D eigenvalue weighted by Crippen LogP contribution is 2.16. The zero-order valence-corrected chi connectivity index (χ0v) is 9.11. The Kier molecular flexibility index (Phi) is 3.18. The maximum atomic E-state index is 11.6. The molecule has 0 aliphatic carbocycles. The number of carboxylic acid groups (broad SMARTS) is 1. The molecule has 1 amide bonds. The Balaban J connectivity index is 1.87. The first-order chi connectivity index (χ1) is 8.16. The number of carbonyl (C=O) groups excluding carboxylic acids is 1. The number of pyridine rings is 1. The molecule has 1 N–H and O–H groups in total. The van der Waals surface area contributed by atoms with E-state index < -0.39 is 11.9 Å². The minimum atomic E-state index is -0.842. The molecule has 1 saturated heterocycles. The molecule has 0 radical (unpaired) electrons. The Morgan fingerprint density at radius 3 is 2.82 bits per heavy atom. The predicted molar refractivity (Wildman–Crippen MR) is 61.0 cm³/mol. The van der Waals surface area contributed by atoms with Gasteiger partial charge in [-0.3, -0.25) is 14.6 Å². The van der Waals surface area contributed by atoms with Gasteiger partial charge in [-0.15, -0.1) is 0 Å². The van der Waals surface area contributed by atoms with Gasteiger partial charge in [0.25, 0.3) is 0 Å². The van der Waals surface area contributed by atoms with Gasteiger partial charge in [-0.05, 0) is 17.7 Å².